The summed E-state index contributed by atoms with van der Waals surface area (Å²) in [5, 5.41) is 0. The largest absolute Gasteiger partial charge is 0.378 e. The maximum Gasteiger partial charge on any atom is 0.0705 e. The fourth-order valence-corrected chi connectivity index (χ4v) is 2.31. The summed E-state index contributed by atoms with van der Waals surface area (Å²) in [5.74, 6) is 0.734. The van der Waals surface area contributed by atoms with Crippen molar-refractivity contribution in [1.82, 2.24) is 4.90 Å². The van der Waals surface area contributed by atoms with Crippen LogP contribution in [0.2, 0.25) is 0 Å². The van der Waals surface area contributed by atoms with Crippen LogP contribution in [-0.2, 0) is 9.47 Å². The summed E-state index contributed by atoms with van der Waals surface area (Å²) in [4.78, 5) is 2.53. The van der Waals surface area contributed by atoms with Crippen LogP contribution in [0.15, 0.2) is 0 Å². The van der Waals surface area contributed by atoms with E-state index in [1.165, 1.54) is 6.42 Å². The Balaban J connectivity index is 1.83. The molecule has 0 N–H and O–H groups in total. The van der Waals surface area contributed by atoms with Gasteiger partial charge in [0.15, 0.2) is 0 Å². The van der Waals surface area contributed by atoms with Crippen LogP contribution in [-0.4, -0.2) is 50.0 Å². The molecule has 0 amide bonds. The maximum absolute atomic E-state index is 5.84. The molecular formula is C11H21NO2. The number of hydrogen-bond donors (Lipinski definition) is 0. The summed E-state index contributed by atoms with van der Waals surface area (Å²) in [7, 11) is 0. The minimum Gasteiger partial charge on any atom is -0.378 e. The first-order chi connectivity index (χ1) is 6.75. The number of fused-ring (bicyclic) bond motifs is 1. The van der Waals surface area contributed by atoms with Crippen molar-refractivity contribution in [3.63, 3.8) is 0 Å². The van der Waals surface area contributed by atoms with Gasteiger partial charge in [0.1, 0.15) is 0 Å². The average molecular weight is 199 g/mol. The molecule has 2 unspecified atom stereocenters. The Bertz CT molecular complexity index is 184. The van der Waals surface area contributed by atoms with Crippen molar-refractivity contribution in [2.75, 3.05) is 32.9 Å². The molecule has 2 heterocycles. The molecular weight excluding hydrogens is 178 g/mol. The highest BCUT2D eigenvalue weighted by molar-refractivity contribution is 4.82. The average Bonchev–Trinajstić information content (AvgIpc) is 2.17. The van der Waals surface area contributed by atoms with Crippen LogP contribution in [0, 0.1) is 5.92 Å². The van der Waals surface area contributed by atoms with Gasteiger partial charge in [0, 0.05) is 13.1 Å². The fourth-order valence-electron chi connectivity index (χ4n) is 2.31. The van der Waals surface area contributed by atoms with Crippen molar-refractivity contribution >= 4 is 0 Å². The van der Waals surface area contributed by atoms with Crippen molar-refractivity contribution in [3.05, 3.63) is 0 Å². The molecule has 2 atom stereocenters. The minimum atomic E-state index is 0.448. The Morgan fingerprint density at radius 3 is 3.00 bits per heavy atom. The highest BCUT2D eigenvalue weighted by Gasteiger charge is 2.31. The molecule has 0 bridgehead atoms. The zero-order chi connectivity index (χ0) is 9.97. The van der Waals surface area contributed by atoms with E-state index in [1.54, 1.807) is 0 Å². The van der Waals surface area contributed by atoms with Crippen molar-refractivity contribution in [2.24, 2.45) is 5.92 Å². The zero-order valence-corrected chi connectivity index (χ0v) is 9.24. The van der Waals surface area contributed by atoms with Gasteiger partial charge in [-0.1, -0.05) is 13.8 Å². The zero-order valence-electron chi connectivity index (χ0n) is 9.24. The number of nitrogens with zero attached hydrogens (tertiary/aromatic N) is 1. The monoisotopic (exact) mass is 199 g/mol. The molecule has 0 aromatic carbocycles. The predicted octanol–water partition coefficient (Wildman–Crippen LogP) is 1.13. The molecule has 3 nitrogen and oxygen atoms in total. The van der Waals surface area contributed by atoms with E-state index < -0.39 is 0 Å². The van der Waals surface area contributed by atoms with E-state index in [4.69, 9.17) is 9.47 Å². The number of morpholine rings is 2. The highest BCUT2D eigenvalue weighted by atomic mass is 16.5. The molecule has 0 aromatic rings. The Hall–Kier alpha value is -0.120. The van der Waals surface area contributed by atoms with E-state index in [1.807, 2.05) is 0 Å². The van der Waals surface area contributed by atoms with Crippen molar-refractivity contribution in [3.8, 4) is 0 Å². The SMILES string of the molecule is CC(C)CC1CN2CCOCC2CO1. The molecule has 0 saturated carbocycles. The van der Waals surface area contributed by atoms with Gasteiger partial charge >= 0.3 is 0 Å². The lowest BCUT2D eigenvalue weighted by molar-refractivity contribution is -0.119. The van der Waals surface area contributed by atoms with Gasteiger partial charge in [0.2, 0.25) is 0 Å². The first-order valence-corrected chi connectivity index (χ1v) is 5.69. The third-order valence-corrected chi connectivity index (χ3v) is 3.05. The van der Waals surface area contributed by atoms with Gasteiger partial charge in [-0.3, -0.25) is 4.90 Å². The summed E-state index contributed by atoms with van der Waals surface area (Å²) in [6.07, 6.45) is 1.63. The minimum absolute atomic E-state index is 0.448. The van der Waals surface area contributed by atoms with Crippen molar-refractivity contribution < 1.29 is 9.47 Å². The van der Waals surface area contributed by atoms with Crippen LogP contribution in [0.4, 0.5) is 0 Å². The molecule has 14 heavy (non-hydrogen) atoms. The van der Waals surface area contributed by atoms with E-state index in [9.17, 15) is 0 Å². The second-order valence-corrected chi connectivity index (χ2v) is 4.81. The topological polar surface area (TPSA) is 21.7 Å². The Labute approximate surface area is 86.4 Å². The van der Waals surface area contributed by atoms with Gasteiger partial charge in [-0.25, -0.2) is 0 Å². The number of hydrogen-bond acceptors (Lipinski definition) is 3. The molecule has 0 spiro atoms. The standard InChI is InChI=1S/C11H21NO2/c1-9(2)5-11-6-12-3-4-13-7-10(12)8-14-11/h9-11H,3-8H2,1-2H3. The third kappa shape index (κ3) is 2.47. The van der Waals surface area contributed by atoms with Crippen LogP contribution >= 0.6 is 0 Å². The summed E-state index contributed by atoms with van der Waals surface area (Å²) >= 11 is 0. The molecule has 82 valence electrons. The Kier molecular flexibility index (Phi) is 3.42. The van der Waals surface area contributed by atoms with Gasteiger partial charge in [-0.05, 0) is 12.3 Å². The smallest absolute Gasteiger partial charge is 0.0705 e. The highest BCUT2D eigenvalue weighted by Crippen LogP contribution is 2.19. The molecule has 2 aliphatic heterocycles. The molecule has 0 aromatic heterocycles. The summed E-state index contributed by atoms with van der Waals surface area (Å²) in [6.45, 7) is 9.31. The van der Waals surface area contributed by atoms with Gasteiger partial charge < -0.3 is 9.47 Å². The fraction of sp³-hybridized carbons (Fsp3) is 1.00. The summed E-state index contributed by atoms with van der Waals surface area (Å²) < 4.78 is 11.3. The van der Waals surface area contributed by atoms with Crippen LogP contribution < -0.4 is 0 Å². The van der Waals surface area contributed by atoms with Crippen LogP contribution in [0.1, 0.15) is 20.3 Å². The Morgan fingerprint density at radius 1 is 1.36 bits per heavy atom. The molecule has 0 radical (unpaired) electrons. The molecule has 2 aliphatic rings. The lowest BCUT2D eigenvalue weighted by Crippen LogP contribution is -2.55. The van der Waals surface area contributed by atoms with Gasteiger partial charge in [-0.2, -0.15) is 0 Å². The predicted molar refractivity (Wildman–Crippen MR) is 55.4 cm³/mol. The Morgan fingerprint density at radius 2 is 2.21 bits per heavy atom. The maximum atomic E-state index is 5.84. The lowest BCUT2D eigenvalue weighted by atomic mass is 10.0. The second kappa shape index (κ2) is 4.60. The van der Waals surface area contributed by atoms with Gasteiger partial charge in [-0.15, -0.1) is 0 Å². The normalized spacial score (nSPS) is 34.5. The van der Waals surface area contributed by atoms with Gasteiger partial charge in [0.25, 0.3) is 0 Å². The first-order valence-electron chi connectivity index (χ1n) is 5.69. The van der Waals surface area contributed by atoms with E-state index in [0.29, 0.717) is 12.1 Å². The lowest BCUT2D eigenvalue weighted by Gasteiger charge is -2.42. The first kappa shape index (κ1) is 10.4. The number of ether oxygens (including phenoxy) is 2. The molecule has 2 saturated heterocycles. The van der Waals surface area contributed by atoms with Gasteiger partial charge in [0.05, 0.1) is 32.0 Å². The van der Waals surface area contributed by atoms with E-state index in [0.717, 1.165) is 38.8 Å². The summed E-state index contributed by atoms with van der Waals surface area (Å²) in [5.41, 5.74) is 0. The van der Waals surface area contributed by atoms with Crippen LogP contribution in [0.25, 0.3) is 0 Å². The molecule has 2 fully saturated rings. The quantitative estimate of drug-likeness (QED) is 0.665. The molecule has 3 heteroatoms. The van der Waals surface area contributed by atoms with Crippen molar-refractivity contribution in [2.45, 2.75) is 32.4 Å². The molecule has 2 rings (SSSR count). The van der Waals surface area contributed by atoms with Crippen molar-refractivity contribution in [1.29, 1.82) is 0 Å². The van der Waals surface area contributed by atoms with E-state index in [-0.39, 0.29) is 0 Å². The summed E-state index contributed by atoms with van der Waals surface area (Å²) in [6, 6.07) is 0.521. The van der Waals surface area contributed by atoms with Crippen LogP contribution in [0.3, 0.4) is 0 Å². The van der Waals surface area contributed by atoms with E-state index >= 15 is 0 Å². The third-order valence-electron chi connectivity index (χ3n) is 3.05. The van der Waals surface area contributed by atoms with Crippen LogP contribution in [0.5, 0.6) is 0 Å². The number of rotatable bonds is 2. The molecule has 0 aliphatic carbocycles. The van der Waals surface area contributed by atoms with E-state index in [2.05, 4.69) is 18.7 Å². The second-order valence-electron chi connectivity index (χ2n) is 4.81.